The molecule has 0 saturated carbocycles. The molecular weight excluding hydrogens is 238 g/mol. The first-order valence-electron chi connectivity index (χ1n) is 6.01. The van der Waals surface area contributed by atoms with Gasteiger partial charge in [-0.15, -0.1) is 0 Å². The predicted molar refractivity (Wildman–Crippen MR) is 78.7 cm³/mol. The highest BCUT2D eigenvalue weighted by Crippen LogP contribution is 2.15. The van der Waals surface area contributed by atoms with E-state index < -0.39 is 0 Å². The summed E-state index contributed by atoms with van der Waals surface area (Å²) in [7, 11) is 0. The van der Waals surface area contributed by atoms with Crippen LogP contribution < -0.4 is 5.32 Å². The number of hydrogen-bond donors (Lipinski definition) is 1. The van der Waals surface area contributed by atoms with E-state index in [4.69, 9.17) is 0 Å². The molecule has 0 bridgehead atoms. The molecule has 0 spiro atoms. The van der Waals surface area contributed by atoms with E-state index in [-0.39, 0.29) is 11.4 Å². The van der Waals surface area contributed by atoms with E-state index in [2.05, 4.69) is 11.4 Å². The van der Waals surface area contributed by atoms with Gasteiger partial charge in [0, 0.05) is 11.3 Å². The van der Waals surface area contributed by atoms with Crippen LogP contribution in [-0.2, 0) is 0 Å². The molecule has 0 aliphatic heterocycles. The van der Waals surface area contributed by atoms with Gasteiger partial charge in [-0.05, 0) is 56.2 Å². The fourth-order valence-corrected chi connectivity index (χ4v) is 1.96. The summed E-state index contributed by atoms with van der Waals surface area (Å²) in [4.78, 5) is 12.0. The van der Waals surface area contributed by atoms with Crippen molar-refractivity contribution < 1.29 is 10.3 Å². The number of carbonyl (C=O) groups excluding carboxylic acids is 1. The third-order valence-electron chi connectivity index (χ3n) is 2.79. The fraction of sp³-hybridized carbons (Fsp3) is 0.188. The smallest absolute Gasteiger partial charge is 0.255 e. The van der Waals surface area contributed by atoms with Crippen molar-refractivity contribution in [3.63, 3.8) is 0 Å². The van der Waals surface area contributed by atoms with Crippen LogP contribution >= 0.6 is 0 Å². The Bertz CT molecular complexity index is 554. The quantitative estimate of drug-likeness (QED) is 0.883. The third kappa shape index (κ3) is 3.93. The van der Waals surface area contributed by atoms with Gasteiger partial charge in [-0.25, -0.2) is 0 Å². The fourth-order valence-electron chi connectivity index (χ4n) is 1.96. The van der Waals surface area contributed by atoms with Crippen LogP contribution in [0, 0.1) is 20.8 Å². The maximum Gasteiger partial charge on any atom is 0.255 e. The van der Waals surface area contributed by atoms with Crippen molar-refractivity contribution >= 4 is 11.6 Å². The highest BCUT2D eigenvalue weighted by atomic mass is 16.1. The van der Waals surface area contributed by atoms with Gasteiger partial charge >= 0.3 is 0 Å². The largest absolute Gasteiger partial charge is 0.412 e. The Morgan fingerprint density at radius 3 is 1.89 bits per heavy atom. The molecule has 0 heterocycles. The summed E-state index contributed by atoms with van der Waals surface area (Å²) in [6.45, 7) is 6.05. The van der Waals surface area contributed by atoms with E-state index in [1.54, 1.807) is 0 Å². The Hall–Kier alpha value is -2.13. The summed E-state index contributed by atoms with van der Waals surface area (Å²) >= 11 is 0. The predicted octanol–water partition coefficient (Wildman–Crippen LogP) is 3.04. The molecule has 0 aliphatic rings. The lowest BCUT2D eigenvalue weighted by atomic mass is 10.1. The first kappa shape index (κ1) is 14.9. The molecular formula is C16H19NO2. The van der Waals surface area contributed by atoms with Gasteiger partial charge in [0.1, 0.15) is 0 Å². The van der Waals surface area contributed by atoms with Crippen molar-refractivity contribution in [3.8, 4) is 0 Å². The number of nitrogens with one attached hydrogen (secondary N) is 1. The molecule has 0 saturated heterocycles. The topological polar surface area (TPSA) is 60.6 Å². The number of benzene rings is 2. The van der Waals surface area contributed by atoms with E-state index in [0.29, 0.717) is 5.56 Å². The molecule has 0 radical (unpaired) electrons. The minimum Gasteiger partial charge on any atom is -0.412 e. The molecule has 2 aromatic carbocycles. The molecule has 1 amide bonds. The number of amides is 1. The number of aryl methyl sites for hydroxylation is 3. The zero-order chi connectivity index (χ0) is 13.1. The van der Waals surface area contributed by atoms with Crippen LogP contribution in [-0.4, -0.2) is 11.4 Å². The number of anilines is 1. The molecule has 3 heteroatoms. The average Bonchev–Trinajstić information content (AvgIpc) is 2.28. The van der Waals surface area contributed by atoms with Crippen molar-refractivity contribution in [2.45, 2.75) is 20.8 Å². The number of rotatable bonds is 2. The van der Waals surface area contributed by atoms with Crippen LogP contribution in [0.5, 0.6) is 0 Å². The summed E-state index contributed by atoms with van der Waals surface area (Å²) in [5, 5.41) is 2.92. The van der Waals surface area contributed by atoms with E-state index in [9.17, 15) is 4.79 Å². The SMILES string of the molecule is Cc1ccc(C(=O)Nc2cc(C)cc(C)c2)cc1.O. The van der Waals surface area contributed by atoms with E-state index in [1.165, 1.54) is 0 Å². The number of hydrogen-bond acceptors (Lipinski definition) is 1. The minimum atomic E-state index is -0.0694. The summed E-state index contributed by atoms with van der Waals surface area (Å²) in [5.41, 5.74) is 4.97. The summed E-state index contributed by atoms with van der Waals surface area (Å²) in [6, 6.07) is 13.6. The minimum absolute atomic E-state index is 0. The highest BCUT2D eigenvalue weighted by Gasteiger charge is 2.05. The summed E-state index contributed by atoms with van der Waals surface area (Å²) < 4.78 is 0. The zero-order valence-corrected chi connectivity index (χ0v) is 11.4. The highest BCUT2D eigenvalue weighted by molar-refractivity contribution is 6.04. The Morgan fingerprint density at radius 1 is 0.842 bits per heavy atom. The van der Waals surface area contributed by atoms with Gasteiger partial charge in [-0.3, -0.25) is 4.79 Å². The van der Waals surface area contributed by atoms with Crippen molar-refractivity contribution in [1.29, 1.82) is 0 Å². The number of carbonyl (C=O) groups is 1. The molecule has 100 valence electrons. The van der Waals surface area contributed by atoms with Crippen molar-refractivity contribution in [2.75, 3.05) is 5.32 Å². The van der Waals surface area contributed by atoms with Crippen LogP contribution in [0.15, 0.2) is 42.5 Å². The van der Waals surface area contributed by atoms with Gasteiger partial charge in [-0.1, -0.05) is 23.8 Å². The molecule has 0 fully saturated rings. The lowest BCUT2D eigenvalue weighted by Gasteiger charge is -2.07. The molecule has 0 aliphatic carbocycles. The van der Waals surface area contributed by atoms with Crippen molar-refractivity contribution in [2.24, 2.45) is 0 Å². The van der Waals surface area contributed by atoms with Gasteiger partial charge in [0.2, 0.25) is 0 Å². The zero-order valence-electron chi connectivity index (χ0n) is 11.4. The summed E-state index contributed by atoms with van der Waals surface area (Å²) in [5.74, 6) is -0.0694. The maximum absolute atomic E-state index is 12.0. The Balaban J connectivity index is 0.00000180. The van der Waals surface area contributed by atoms with Gasteiger partial charge in [0.25, 0.3) is 5.91 Å². The van der Waals surface area contributed by atoms with Crippen LogP contribution in [0.4, 0.5) is 5.69 Å². The molecule has 2 aromatic rings. The Kier molecular flexibility index (Phi) is 4.84. The molecule has 3 N–H and O–H groups in total. The lowest BCUT2D eigenvalue weighted by molar-refractivity contribution is 0.102. The Labute approximate surface area is 113 Å². The molecule has 0 atom stereocenters. The van der Waals surface area contributed by atoms with Crippen LogP contribution in [0.3, 0.4) is 0 Å². The first-order chi connectivity index (χ1) is 8.54. The molecule has 0 unspecified atom stereocenters. The lowest BCUT2D eigenvalue weighted by Crippen LogP contribution is -2.11. The van der Waals surface area contributed by atoms with Gasteiger partial charge in [0.05, 0.1) is 0 Å². The molecule has 0 aromatic heterocycles. The van der Waals surface area contributed by atoms with Crippen LogP contribution in [0.1, 0.15) is 27.0 Å². The van der Waals surface area contributed by atoms with E-state index in [1.807, 2.05) is 57.2 Å². The molecule has 2 rings (SSSR count). The normalized spacial score (nSPS) is 9.63. The molecule has 19 heavy (non-hydrogen) atoms. The molecule has 3 nitrogen and oxygen atoms in total. The second-order valence-corrected chi connectivity index (χ2v) is 4.70. The van der Waals surface area contributed by atoms with Gasteiger partial charge in [-0.2, -0.15) is 0 Å². The maximum atomic E-state index is 12.0. The van der Waals surface area contributed by atoms with Gasteiger partial charge in [0.15, 0.2) is 0 Å². The first-order valence-corrected chi connectivity index (χ1v) is 6.01. The monoisotopic (exact) mass is 257 g/mol. The van der Waals surface area contributed by atoms with Gasteiger partial charge < -0.3 is 10.8 Å². The van der Waals surface area contributed by atoms with E-state index >= 15 is 0 Å². The second-order valence-electron chi connectivity index (χ2n) is 4.70. The second kappa shape index (κ2) is 6.16. The summed E-state index contributed by atoms with van der Waals surface area (Å²) in [6.07, 6.45) is 0. The third-order valence-corrected chi connectivity index (χ3v) is 2.79. The van der Waals surface area contributed by atoms with E-state index in [0.717, 1.165) is 22.4 Å². The van der Waals surface area contributed by atoms with Crippen molar-refractivity contribution in [3.05, 3.63) is 64.7 Å². The Morgan fingerprint density at radius 2 is 1.37 bits per heavy atom. The van der Waals surface area contributed by atoms with Crippen molar-refractivity contribution in [1.82, 2.24) is 0 Å². The average molecular weight is 257 g/mol. The standard InChI is InChI=1S/C16H17NO.H2O/c1-11-4-6-14(7-5-11)16(18)17-15-9-12(2)8-13(3)10-15;/h4-10H,1-3H3,(H,17,18);1H2. The van der Waals surface area contributed by atoms with Crippen LogP contribution in [0.25, 0.3) is 0 Å². The van der Waals surface area contributed by atoms with Crippen LogP contribution in [0.2, 0.25) is 0 Å².